The molecule has 7 atom stereocenters. The van der Waals surface area contributed by atoms with Gasteiger partial charge in [-0.05, 0) is 17.0 Å². The van der Waals surface area contributed by atoms with Gasteiger partial charge >= 0.3 is 0 Å². The molecule has 2 fully saturated rings. The predicted octanol–water partition coefficient (Wildman–Crippen LogP) is 3.89. The highest BCUT2D eigenvalue weighted by atomic mass is 32.2. The zero-order chi connectivity index (χ0) is 29.4. The number of amides is 3. The Hall–Kier alpha value is -3.36. The van der Waals surface area contributed by atoms with Gasteiger partial charge in [-0.25, -0.2) is 0 Å². The number of hydrogen-bond donors (Lipinski definition) is 1. The Morgan fingerprint density at radius 2 is 1.48 bits per heavy atom. The van der Waals surface area contributed by atoms with Crippen LogP contribution in [0.3, 0.4) is 0 Å². The van der Waals surface area contributed by atoms with E-state index in [9.17, 15) is 19.5 Å². The Kier molecular flexibility index (Phi) is 8.03. The van der Waals surface area contributed by atoms with Crippen molar-refractivity contribution in [2.75, 3.05) is 19.7 Å². The molecule has 2 aromatic rings. The van der Waals surface area contributed by atoms with Crippen molar-refractivity contribution >= 4 is 29.5 Å². The van der Waals surface area contributed by atoms with E-state index in [0.717, 1.165) is 17.5 Å². The van der Waals surface area contributed by atoms with Crippen LogP contribution in [-0.4, -0.2) is 79.3 Å². The lowest BCUT2D eigenvalue weighted by Crippen LogP contribution is -2.57. The van der Waals surface area contributed by atoms with Gasteiger partial charge in [-0.15, -0.1) is 11.8 Å². The van der Waals surface area contributed by atoms with Gasteiger partial charge in [-0.3, -0.25) is 14.4 Å². The maximum absolute atomic E-state index is 14.7. The fourth-order valence-electron chi connectivity index (χ4n) is 7.24. The van der Waals surface area contributed by atoms with Crippen molar-refractivity contribution in [1.29, 1.82) is 0 Å². The van der Waals surface area contributed by atoms with Gasteiger partial charge in [0.2, 0.25) is 17.7 Å². The Morgan fingerprint density at radius 1 is 0.881 bits per heavy atom. The lowest BCUT2D eigenvalue weighted by molar-refractivity contribution is -0.148. The first-order chi connectivity index (χ1) is 20.4. The van der Waals surface area contributed by atoms with E-state index in [0.29, 0.717) is 26.2 Å². The molecule has 2 saturated heterocycles. The SMILES string of the molecule is CC[C@H](C)[C@H](CO)N1C(=O)[C@@H]2[C@@H]3C(=O)N(Cc4ccccc4)CC=C[C@@H]3S[C@@]23C=CCN(Cc2ccccc2)C(=O)C13. The van der Waals surface area contributed by atoms with Crippen LogP contribution in [0.15, 0.2) is 85.0 Å². The van der Waals surface area contributed by atoms with E-state index in [1.54, 1.807) is 16.7 Å². The molecule has 6 rings (SSSR count). The first kappa shape index (κ1) is 28.7. The van der Waals surface area contributed by atoms with Crippen LogP contribution in [0.25, 0.3) is 0 Å². The molecule has 42 heavy (non-hydrogen) atoms. The van der Waals surface area contributed by atoms with Crippen LogP contribution in [0, 0.1) is 17.8 Å². The molecule has 4 heterocycles. The highest BCUT2D eigenvalue weighted by Crippen LogP contribution is 2.61. The zero-order valence-electron chi connectivity index (χ0n) is 24.2. The van der Waals surface area contributed by atoms with Crippen LogP contribution in [-0.2, 0) is 27.5 Å². The third kappa shape index (κ3) is 4.78. The molecule has 1 N–H and O–H groups in total. The number of benzene rings is 2. The first-order valence-corrected chi connectivity index (χ1v) is 15.9. The van der Waals surface area contributed by atoms with Gasteiger partial charge < -0.3 is 19.8 Å². The molecule has 7 nitrogen and oxygen atoms in total. The second kappa shape index (κ2) is 11.7. The van der Waals surface area contributed by atoms with E-state index in [4.69, 9.17) is 0 Å². The Labute approximate surface area is 252 Å². The molecule has 0 saturated carbocycles. The van der Waals surface area contributed by atoms with Crippen molar-refractivity contribution in [3.63, 3.8) is 0 Å². The van der Waals surface area contributed by atoms with E-state index < -0.39 is 28.7 Å². The smallest absolute Gasteiger partial charge is 0.247 e. The third-order valence-corrected chi connectivity index (χ3v) is 11.3. The summed E-state index contributed by atoms with van der Waals surface area (Å²) in [6, 6.07) is 18.5. The third-order valence-electron chi connectivity index (χ3n) is 9.54. The van der Waals surface area contributed by atoms with Gasteiger partial charge in [0.25, 0.3) is 0 Å². The maximum Gasteiger partial charge on any atom is 0.247 e. The fourth-order valence-corrected chi connectivity index (χ4v) is 9.23. The topological polar surface area (TPSA) is 81.2 Å². The molecule has 0 bridgehead atoms. The van der Waals surface area contributed by atoms with Gasteiger partial charge in [-0.1, -0.05) is 105 Å². The minimum atomic E-state index is -0.897. The number of thioether (sulfide) groups is 1. The molecular weight excluding hydrogens is 546 g/mol. The van der Waals surface area contributed by atoms with E-state index >= 15 is 0 Å². The number of likely N-dealkylation sites (tertiary alicyclic amines) is 1. The highest BCUT2D eigenvalue weighted by molar-refractivity contribution is 8.02. The summed E-state index contributed by atoms with van der Waals surface area (Å²) in [6.07, 6.45) is 8.92. The van der Waals surface area contributed by atoms with Crippen molar-refractivity contribution in [3.05, 3.63) is 96.1 Å². The molecule has 1 spiro atoms. The first-order valence-electron chi connectivity index (χ1n) is 15.0. The van der Waals surface area contributed by atoms with E-state index in [1.165, 1.54) is 0 Å². The van der Waals surface area contributed by atoms with Crippen LogP contribution in [0.4, 0.5) is 0 Å². The van der Waals surface area contributed by atoms with Crippen LogP contribution in [0.5, 0.6) is 0 Å². The van der Waals surface area contributed by atoms with Crippen LogP contribution in [0.2, 0.25) is 0 Å². The number of carbonyl (C=O) groups is 3. The zero-order valence-corrected chi connectivity index (χ0v) is 25.0. The second-order valence-corrected chi connectivity index (χ2v) is 13.4. The maximum atomic E-state index is 14.7. The van der Waals surface area contributed by atoms with Crippen LogP contribution in [0.1, 0.15) is 31.4 Å². The molecule has 1 unspecified atom stereocenters. The van der Waals surface area contributed by atoms with Gasteiger partial charge in [0.1, 0.15) is 6.04 Å². The molecule has 3 amide bonds. The summed E-state index contributed by atoms with van der Waals surface area (Å²) >= 11 is 1.59. The number of fused-ring (bicyclic) bond motifs is 2. The summed E-state index contributed by atoms with van der Waals surface area (Å²) in [5.41, 5.74) is 2.05. The number of aliphatic hydroxyl groups is 1. The monoisotopic (exact) mass is 585 g/mol. The molecule has 0 radical (unpaired) electrons. The Bertz CT molecular complexity index is 1380. The van der Waals surface area contributed by atoms with Crippen LogP contribution < -0.4 is 0 Å². The van der Waals surface area contributed by atoms with Crippen molar-refractivity contribution in [2.24, 2.45) is 17.8 Å². The van der Waals surface area contributed by atoms with Crippen molar-refractivity contribution < 1.29 is 19.5 Å². The Balaban J connectivity index is 1.41. The molecule has 0 aromatic heterocycles. The second-order valence-electron chi connectivity index (χ2n) is 12.0. The van der Waals surface area contributed by atoms with Crippen molar-refractivity contribution in [1.82, 2.24) is 14.7 Å². The summed E-state index contributed by atoms with van der Waals surface area (Å²) in [4.78, 5) is 48.9. The van der Waals surface area contributed by atoms with E-state index in [-0.39, 0.29) is 35.5 Å². The number of carbonyl (C=O) groups excluding carboxylic acids is 3. The van der Waals surface area contributed by atoms with E-state index in [2.05, 4.69) is 12.2 Å². The van der Waals surface area contributed by atoms with Crippen molar-refractivity contribution in [3.8, 4) is 0 Å². The summed E-state index contributed by atoms with van der Waals surface area (Å²) in [6.45, 7) is 5.62. The molecule has 2 aromatic carbocycles. The van der Waals surface area contributed by atoms with Gasteiger partial charge in [-0.2, -0.15) is 0 Å². The molecule has 0 aliphatic carbocycles. The Morgan fingerprint density at radius 3 is 2.07 bits per heavy atom. The standard InChI is InChI=1S/C34H39N3O4S/c1-3-23(2)26(22-38)37-30-33(41)36(21-25-14-8-5-9-15-25)19-11-17-34(30)29(32(37)40)28-27(42-34)16-10-18-35(31(28)39)20-24-12-6-4-7-13-24/h4-17,23,26-30,38H,3,18-22H2,1-2H3/t23-,26-,27-,28+,29-,30?,34-/m0/s1. The number of nitrogens with zero attached hydrogens (tertiary/aromatic N) is 3. The van der Waals surface area contributed by atoms with Crippen molar-refractivity contribution in [2.45, 2.75) is 55.4 Å². The summed E-state index contributed by atoms with van der Waals surface area (Å²) < 4.78 is -0.897. The molecule has 4 aliphatic heterocycles. The predicted molar refractivity (Wildman–Crippen MR) is 164 cm³/mol. The van der Waals surface area contributed by atoms with Gasteiger partial charge in [0.15, 0.2) is 0 Å². The number of hydrogen-bond acceptors (Lipinski definition) is 5. The minimum absolute atomic E-state index is 0.0162. The van der Waals surface area contributed by atoms with Gasteiger partial charge in [0, 0.05) is 31.4 Å². The molecule has 220 valence electrons. The van der Waals surface area contributed by atoms with E-state index in [1.807, 2.05) is 96.5 Å². The lowest BCUT2D eigenvalue weighted by atomic mass is 9.78. The molecule has 8 heteroatoms. The lowest BCUT2D eigenvalue weighted by Gasteiger charge is -2.40. The normalized spacial score (nSPS) is 30.1. The van der Waals surface area contributed by atoms with Crippen LogP contribution >= 0.6 is 11.8 Å². The highest BCUT2D eigenvalue weighted by Gasteiger charge is 2.71. The quantitative estimate of drug-likeness (QED) is 0.476. The average Bonchev–Trinajstić information content (AvgIpc) is 3.33. The average molecular weight is 586 g/mol. The fraction of sp³-hybridized carbons (Fsp3) is 0.441. The molecular formula is C34H39N3O4S. The number of aliphatic hydroxyl groups excluding tert-OH is 1. The number of rotatable bonds is 8. The molecule has 4 aliphatic rings. The summed E-state index contributed by atoms with van der Waals surface area (Å²) in [7, 11) is 0. The summed E-state index contributed by atoms with van der Waals surface area (Å²) in [5, 5.41) is 10.4. The largest absolute Gasteiger partial charge is 0.394 e. The van der Waals surface area contributed by atoms with Gasteiger partial charge in [0.05, 0.1) is 29.2 Å². The summed E-state index contributed by atoms with van der Waals surface area (Å²) in [5.74, 6) is -1.66. The minimum Gasteiger partial charge on any atom is -0.394 e.